The molecule has 0 aliphatic carbocycles. The maximum absolute atomic E-state index is 11.7. The van der Waals surface area contributed by atoms with Crippen LogP contribution in [0.1, 0.15) is 5.82 Å². The Morgan fingerprint density at radius 1 is 1.53 bits per heavy atom. The second-order valence-electron chi connectivity index (χ2n) is 3.48. The molecule has 0 saturated carbocycles. The van der Waals surface area contributed by atoms with Gasteiger partial charge in [-0.1, -0.05) is 17.5 Å². The first-order valence-corrected chi connectivity index (χ1v) is 5.41. The highest BCUT2D eigenvalue weighted by molar-refractivity contribution is 6.31. The quantitative estimate of drug-likeness (QED) is 0.635. The van der Waals surface area contributed by atoms with Crippen molar-refractivity contribution in [2.45, 2.75) is 6.54 Å². The van der Waals surface area contributed by atoms with E-state index in [4.69, 9.17) is 18.0 Å². The molecule has 2 rings (SSSR count). The van der Waals surface area contributed by atoms with Crippen molar-refractivity contribution in [3.8, 4) is 12.3 Å². The van der Waals surface area contributed by atoms with Gasteiger partial charge in [0.25, 0.3) is 5.56 Å². The van der Waals surface area contributed by atoms with Crippen LogP contribution in [0.2, 0.25) is 5.02 Å². The summed E-state index contributed by atoms with van der Waals surface area (Å²) in [6.07, 6.45) is 5.11. The molecule has 1 heterocycles. The Balaban J connectivity index is 2.40. The summed E-state index contributed by atoms with van der Waals surface area (Å²) in [5, 5.41) is 4.03. The summed E-state index contributed by atoms with van der Waals surface area (Å²) < 4.78 is 0. The zero-order valence-corrected chi connectivity index (χ0v) is 9.71. The van der Waals surface area contributed by atoms with Crippen LogP contribution in [0.25, 0.3) is 10.9 Å². The zero-order chi connectivity index (χ0) is 12.3. The van der Waals surface area contributed by atoms with Gasteiger partial charge in [0, 0.05) is 5.02 Å². The van der Waals surface area contributed by atoms with Crippen LogP contribution < -0.4 is 10.9 Å². The van der Waals surface area contributed by atoms with Crippen molar-refractivity contribution in [3.63, 3.8) is 0 Å². The Hall–Kier alpha value is -1.83. The molecule has 86 valence electrons. The fraction of sp³-hybridized carbons (Fsp3) is 0.167. The third-order valence-electron chi connectivity index (χ3n) is 2.24. The van der Waals surface area contributed by atoms with Gasteiger partial charge in [-0.15, -0.1) is 6.42 Å². The topological polar surface area (TPSA) is 57.8 Å². The molecule has 0 fully saturated rings. The van der Waals surface area contributed by atoms with E-state index in [1.807, 2.05) is 0 Å². The van der Waals surface area contributed by atoms with Crippen molar-refractivity contribution in [2.75, 3.05) is 6.54 Å². The number of rotatable bonds is 3. The highest BCUT2D eigenvalue weighted by Crippen LogP contribution is 2.14. The number of nitrogens with one attached hydrogen (secondary N) is 2. The molecule has 17 heavy (non-hydrogen) atoms. The Morgan fingerprint density at radius 2 is 2.35 bits per heavy atom. The molecule has 0 saturated heterocycles. The van der Waals surface area contributed by atoms with Crippen molar-refractivity contribution >= 4 is 22.5 Å². The van der Waals surface area contributed by atoms with Crippen LogP contribution in [0, 0.1) is 12.3 Å². The molecule has 0 aliphatic heterocycles. The summed E-state index contributed by atoms with van der Waals surface area (Å²) in [6.45, 7) is 0.846. The van der Waals surface area contributed by atoms with Crippen LogP contribution in [0.4, 0.5) is 0 Å². The fourth-order valence-corrected chi connectivity index (χ4v) is 1.66. The van der Waals surface area contributed by atoms with E-state index in [0.717, 1.165) is 0 Å². The first-order valence-electron chi connectivity index (χ1n) is 5.03. The van der Waals surface area contributed by atoms with Gasteiger partial charge >= 0.3 is 0 Å². The van der Waals surface area contributed by atoms with Crippen LogP contribution in [-0.4, -0.2) is 16.5 Å². The van der Waals surface area contributed by atoms with Gasteiger partial charge in [-0.05, 0) is 18.2 Å². The zero-order valence-electron chi connectivity index (χ0n) is 8.96. The molecule has 0 bridgehead atoms. The van der Waals surface area contributed by atoms with E-state index in [2.05, 4.69) is 21.2 Å². The Kier molecular flexibility index (Phi) is 3.43. The lowest BCUT2D eigenvalue weighted by Crippen LogP contribution is -2.19. The maximum Gasteiger partial charge on any atom is 0.258 e. The summed E-state index contributed by atoms with van der Waals surface area (Å²) in [6, 6.07) is 4.98. The molecule has 1 aromatic heterocycles. The van der Waals surface area contributed by atoms with Gasteiger partial charge in [0.2, 0.25) is 0 Å². The number of H-pyrrole nitrogens is 1. The minimum Gasteiger partial charge on any atom is -0.309 e. The number of benzene rings is 1. The average molecular weight is 248 g/mol. The van der Waals surface area contributed by atoms with Crippen molar-refractivity contribution < 1.29 is 0 Å². The summed E-state index contributed by atoms with van der Waals surface area (Å²) in [5.41, 5.74) is 0.405. The predicted molar refractivity (Wildman–Crippen MR) is 67.9 cm³/mol. The highest BCUT2D eigenvalue weighted by Gasteiger charge is 2.03. The van der Waals surface area contributed by atoms with Crippen molar-refractivity contribution in [3.05, 3.63) is 39.4 Å². The summed E-state index contributed by atoms with van der Waals surface area (Å²) >= 11 is 5.86. The maximum atomic E-state index is 11.7. The summed E-state index contributed by atoms with van der Waals surface area (Å²) in [7, 11) is 0. The fourth-order valence-electron chi connectivity index (χ4n) is 1.50. The lowest BCUT2D eigenvalue weighted by molar-refractivity contribution is 0.725. The second kappa shape index (κ2) is 5.00. The van der Waals surface area contributed by atoms with E-state index in [9.17, 15) is 4.79 Å². The lowest BCUT2D eigenvalue weighted by atomic mass is 10.2. The van der Waals surface area contributed by atoms with E-state index < -0.39 is 0 Å². The normalized spacial score (nSPS) is 10.4. The Bertz CT molecular complexity index is 642. The summed E-state index contributed by atoms with van der Waals surface area (Å²) in [4.78, 5) is 18.7. The number of hydrogen-bond donors (Lipinski definition) is 2. The molecule has 0 radical (unpaired) electrons. The first-order chi connectivity index (χ1) is 8.20. The molecule has 0 atom stereocenters. The van der Waals surface area contributed by atoms with Gasteiger partial charge in [0.15, 0.2) is 0 Å². The third-order valence-corrected chi connectivity index (χ3v) is 2.47. The van der Waals surface area contributed by atoms with Gasteiger partial charge in [0.1, 0.15) is 5.82 Å². The van der Waals surface area contributed by atoms with Gasteiger partial charge in [-0.25, -0.2) is 4.98 Å². The first kappa shape index (κ1) is 11.6. The van der Waals surface area contributed by atoms with Crippen LogP contribution in [0.3, 0.4) is 0 Å². The summed E-state index contributed by atoms with van der Waals surface area (Å²) in [5.74, 6) is 2.99. The number of halogens is 1. The third kappa shape index (κ3) is 2.64. The molecular weight excluding hydrogens is 238 g/mol. The number of nitrogens with zero attached hydrogens (tertiary/aromatic N) is 1. The van der Waals surface area contributed by atoms with E-state index in [-0.39, 0.29) is 5.56 Å². The van der Waals surface area contributed by atoms with E-state index in [1.54, 1.807) is 18.2 Å². The minimum absolute atomic E-state index is 0.177. The number of aromatic amines is 1. The van der Waals surface area contributed by atoms with E-state index in [0.29, 0.717) is 34.8 Å². The number of terminal acetylenes is 1. The van der Waals surface area contributed by atoms with Crippen LogP contribution in [0.5, 0.6) is 0 Å². The molecule has 4 nitrogen and oxygen atoms in total. The molecular formula is C12H10ClN3O. The molecule has 5 heteroatoms. The monoisotopic (exact) mass is 247 g/mol. The molecule has 0 spiro atoms. The lowest BCUT2D eigenvalue weighted by Gasteiger charge is -2.03. The van der Waals surface area contributed by atoms with Crippen LogP contribution >= 0.6 is 11.6 Å². The minimum atomic E-state index is -0.177. The van der Waals surface area contributed by atoms with Crippen LogP contribution in [-0.2, 0) is 6.54 Å². The Morgan fingerprint density at radius 3 is 3.12 bits per heavy atom. The number of aromatic nitrogens is 2. The van der Waals surface area contributed by atoms with Gasteiger partial charge in [-0.2, -0.15) is 0 Å². The van der Waals surface area contributed by atoms with Crippen molar-refractivity contribution in [1.29, 1.82) is 0 Å². The van der Waals surface area contributed by atoms with E-state index >= 15 is 0 Å². The largest absolute Gasteiger partial charge is 0.309 e. The highest BCUT2D eigenvalue weighted by atomic mass is 35.5. The molecule has 2 N–H and O–H groups in total. The number of fused-ring (bicyclic) bond motifs is 1. The molecule has 0 unspecified atom stereocenters. The van der Waals surface area contributed by atoms with Gasteiger partial charge in [-0.3, -0.25) is 10.1 Å². The van der Waals surface area contributed by atoms with Crippen molar-refractivity contribution in [1.82, 2.24) is 15.3 Å². The van der Waals surface area contributed by atoms with Crippen LogP contribution in [0.15, 0.2) is 23.0 Å². The molecule has 2 aromatic rings. The molecule has 1 aromatic carbocycles. The standard InChI is InChI=1S/C12H10ClN3O/c1-2-5-14-7-11-15-10-6-8(13)3-4-9(10)12(17)16-11/h1,3-4,6,14H,5,7H2,(H,15,16,17). The van der Waals surface area contributed by atoms with Gasteiger partial charge < -0.3 is 4.98 Å². The smallest absolute Gasteiger partial charge is 0.258 e. The second-order valence-corrected chi connectivity index (χ2v) is 3.92. The molecule has 0 amide bonds. The average Bonchev–Trinajstić information content (AvgIpc) is 2.28. The SMILES string of the molecule is C#CCNCc1nc2cc(Cl)ccc2c(=O)[nH]1. The Labute approximate surface area is 103 Å². The molecule has 0 aliphatic rings. The predicted octanol–water partition coefficient (Wildman–Crippen LogP) is 1.30. The van der Waals surface area contributed by atoms with Gasteiger partial charge in [0.05, 0.1) is 24.0 Å². The van der Waals surface area contributed by atoms with Crippen molar-refractivity contribution in [2.24, 2.45) is 0 Å². The number of hydrogen-bond acceptors (Lipinski definition) is 3. The van der Waals surface area contributed by atoms with E-state index in [1.165, 1.54) is 0 Å².